The molecular formula is C20H30FN3O3. The molecule has 0 unspecified atom stereocenters. The van der Waals surface area contributed by atoms with Crippen molar-refractivity contribution in [3.63, 3.8) is 0 Å². The molecule has 1 fully saturated rings. The van der Waals surface area contributed by atoms with Crippen LogP contribution in [0.2, 0.25) is 0 Å². The Morgan fingerprint density at radius 1 is 1.15 bits per heavy atom. The van der Waals surface area contributed by atoms with Gasteiger partial charge in [0.1, 0.15) is 5.82 Å². The fourth-order valence-corrected chi connectivity index (χ4v) is 3.54. The molecular weight excluding hydrogens is 349 g/mol. The number of amides is 2. The Bertz CT molecular complexity index is 643. The molecule has 2 N–H and O–H groups in total. The largest absolute Gasteiger partial charge is 0.373 e. The van der Waals surface area contributed by atoms with Crippen LogP contribution in [-0.4, -0.2) is 61.1 Å². The molecule has 1 aromatic rings. The highest BCUT2D eigenvalue weighted by Crippen LogP contribution is 2.18. The average molecular weight is 379 g/mol. The Morgan fingerprint density at radius 3 is 2.33 bits per heavy atom. The highest BCUT2D eigenvalue weighted by atomic mass is 19.1. The predicted octanol–water partition coefficient (Wildman–Crippen LogP) is 1.81. The molecule has 2 amide bonds. The molecule has 0 saturated carbocycles. The lowest BCUT2D eigenvalue weighted by Crippen LogP contribution is -2.57. The summed E-state index contributed by atoms with van der Waals surface area (Å²) in [5, 5.41) is 5.51. The summed E-state index contributed by atoms with van der Waals surface area (Å²) in [6, 6.07) is 5.57. The molecule has 1 saturated heterocycles. The van der Waals surface area contributed by atoms with Crippen molar-refractivity contribution in [2.24, 2.45) is 5.92 Å². The van der Waals surface area contributed by atoms with Crippen molar-refractivity contribution < 1.29 is 18.7 Å². The second kappa shape index (κ2) is 9.80. The molecule has 1 aliphatic rings. The van der Waals surface area contributed by atoms with Gasteiger partial charge in [0.15, 0.2) is 0 Å². The van der Waals surface area contributed by atoms with Gasteiger partial charge in [0.25, 0.3) is 5.91 Å². The second-order valence-corrected chi connectivity index (χ2v) is 7.43. The fraction of sp³-hybridized carbons (Fsp3) is 0.600. The van der Waals surface area contributed by atoms with E-state index < -0.39 is 11.7 Å². The Morgan fingerprint density at radius 2 is 1.74 bits per heavy atom. The van der Waals surface area contributed by atoms with Crippen molar-refractivity contribution in [2.75, 3.05) is 26.2 Å². The molecule has 150 valence electrons. The average Bonchev–Trinajstić information content (AvgIpc) is 2.58. The van der Waals surface area contributed by atoms with Crippen LogP contribution in [0.4, 0.5) is 4.39 Å². The van der Waals surface area contributed by atoms with Crippen molar-refractivity contribution in [2.45, 2.75) is 45.9 Å². The summed E-state index contributed by atoms with van der Waals surface area (Å²) in [5.74, 6) is -0.963. The van der Waals surface area contributed by atoms with Crippen LogP contribution in [-0.2, 0) is 9.53 Å². The lowest BCUT2D eigenvalue weighted by Gasteiger charge is -2.41. The van der Waals surface area contributed by atoms with E-state index in [0.29, 0.717) is 13.1 Å². The smallest absolute Gasteiger partial charge is 0.254 e. The summed E-state index contributed by atoms with van der Waals surface area (Å²) in [5.41, 5.74) is 0.000162. The van der Waals surface area contributed by atoms with Crippen LogP contribution < -0.4 is 10.6 Å². The normalized spacial score (nSPS) is 21.7. The van der Waals surface area contributed by atoms with Gasteiger partial charge in [0.2, 0.25) is 5.91 Å². The second-order valence-electron chi connectivity index (χ2n) is 7.43. The molecule has 0 aromatic heterocycles. The van der Waals surface area contributed by atoms with Gasteiger partial charge < -0.3 is 15.4 Å². The van der Waals surface area contributed by atoms with Gasteiger partial charge in [0, 0.05) is 26.2 Å². The topological polar surface area (TPSA) is 70.7 Å². The van der Waals surface area contributed by atoms with E-state index in [1.165, 1.54) is 18.2 Å². The van der Waals surface area contributed by atoms with E-state index in [9.17, 15) is 14.0 Å². The third-order valence-corrected chi connectivity index (χ3v) is 4.57. The van der Waals surface area contributed by atoms with E-state index in [0.717, 1.165) is 0 Å². The predicted molar refractivity (Wildman–Crippen MR) is 102 cm³/mol. The fourth-order valence-electron chi connectivity index (χ4n) is 3.54. The maximum atomic E-state index is 13.6. The van der Waals surface area contributed by atoms with Crippen LogP contribution in [0.1, 0.15) is 38.1 Å². The molecule has 7 heteroatoms. The molecule has 1 heterocycles. The molecule has 1 aromatic carbocycles. The van der Waals surface area contributed by atoms with Crippen molar-refractivity contribution in [3.8, 4) is 0 Å². The molecule has 0 radical (unpaired) electrons. The first-order valence-corrected chi connectivity index (χ1v) is 9.49. The summed E-state index contributed by atoms with van der Waals surface area (Å²) in [7, 11) is 0. The summed E-state index contributed by atoms with van der Waals surface area (Å²) < 4.78 is 19.3. The highest BCUT2D eigenvalue weighted by Gasteiger charge is 2.33. The maximum absolute atomic E-state index is 13.6. The van der Waals surface area contributed by atoms with Gasteiger partial charge in [-0.05, 0) is 31.9 Å². The first kappa shape index (κ1) is 21.3. The zero-order chi connectivity index (χ0) is 20.0. The minimum atomic E-state index is -0.561. The molecule has 3 atom stereocenters. The number of carbonyl (C=O) groups excluding carboxylic acids is 2. The molecule has 2 rings (SSSR count). The highest BCUT2D eigenvalue weighted by molar-refractivity contribution is 5.94. The Hall–Kier alpha value is -1.99. The number of benzene rings is 1. The monoisotopic (exact) mass is 379 g/mol. The van der Waals surface area contributed by atoms with Gasteiger partial charge in [-0.1, -0.05) is 26.0 Å². The molecule has 0 spiro atoms. The summed E-state index contributed by atoms with van der Waals surface area (Å²) >= 11 is 0. The molecule has 0 aliphatic carbocycles. The lowest BCUT2D eigenvalue weighted by molar-refractivity contribution is -0.135. The number of hydrogen-bond donors (Lipinski definition) is 2. The Kier molecular flexibility index (Phi) is 7.74. The van der Waals surface area contributed by atoms with E-state index in [4.69, 9.17) is 4.74 Å². The maximum Gasteiger partial charge on any atom is 0.254 e. The van der Waals surface area contributed by atoms with Crippen molar-refractivity contribution in [1.82, 2.24) is 15.5 Å². The van der Waals surface area contributed by atoms with Gasteiger partial charge in [-0.15, -0.1) is 0 Å². The summed E-state index contributed by atoms with van der Waals surface area (Å²) in [4.78, 5) is 26.8. The summed E-state index contributed by atoms with van der Waals surface area (Å²) in [6.07, 6.45) is 0.172. The Balaban J connectivity index is 1.84. The van der Waals surface area contributed by atoms with Crippen LogP contribution in [0.15, 0.2) is 24.3 Å². The third-order valence-electron chi connectivity index (χ3n) is 4.57. The van der Waals surface area contributed by atoms with E-state index in [1.807, 2.05) is 27.7 Å². The first-order chi connectivity index (χ1) is 12.8. The van der Waals surface area contributed by atoms with Crippen LogP contribution >= 0.6 is 0 Å². The zero-order valence-corrected chi connectivity index (χ0v) is 16.5. The number of morpholine rings is 1. The summed E-state index contributed by atoms with van der Waals surface area (Å²) in [6.45, 7) is 10.0. The standard InChI is InChI=1S/C20H30FN3O3/c1-13(2)18(24-11-14(3)27-15(4)12-24)20(26)23-10-9-22-19(25)16-7-5-6-8-17(16)21/h5-8,13-15,18H,9-12H2,1-4H3,(H,22,25)(H,23,26)/t14-,15-,18-/m1/s1. The van der Waals surface area contributed by atoms with Crippen LogP contribution in [0, 0.1) is 11.7 Å². The first-order valence-electron chi connectivity index (χ1n) is 9.49. The SMILES string of the molecule is CC(C)[C@H](C(=O)NCCNC(=O)c1ccccc1F)N1C[C@@H](C)O[C@H](C)C1. The number of rotatable bonds is 7. The van der Waals surface area contributed by atoms with Crippen molar-refractivity contribution >= 4 is 11.8 Å². The van der Waals surface area contributed by atoms with E-state index in [1.54, 1.807) is 6.07 Å². The minimum Gasteiger partial charge on any atom is -0.373 e. The molecule has 0 bridgehead atoms. The van der Waals surface area contributed by atoms with Crippen molar-refractivity contribution in [1.29, 1.82) is 0 Å². The van der Waals surface area contributed by atoms with Gasteiger partial charge in [-0.2, -0.15) is 0 Å². The number of carbonyl (C=O) groups is 2. The van der Waals surface area contributed by atoms with Gasteiger partial charge >= 0.3 is 0 Å². The van der Waals surface area contributed by atoms with Crippen LogP contribution in [0.3, 0.4) is 0 Å². The zero-order valence-electron chi connectivity index (χ0n) is 16.5. The number of nitrogens with one attached hydrogen (secondary N) is 2. The van der Waals surface area contributed by atoms with Gasteiger partial charge in [0.05, 0.1) is 23.8 Å². The lowest BCUT2D eigenvalue weighted by atomic mass is 9.99. The minimum absolute atomic E-state index is 0.000162. The number of nitrogens with zero attached hydrogens (tertiary/aromatic N) is 1. The molecule has 1 aliphatic heterocycles. The van der Waals surface area contributed by atoms with Crippen molar-refractivity contribution in [3.05, 3.63) is 35.6 Å². The van der Waals surface area contributed by atoms with Crippen LogP contribution in [0.25, 0.3) is 0 Å². The molecule has 6 nitrogen and oxygen atoms in total. The van der Waals surface area contributed by atoms with E-state index in [2.05, 4.69) is 15.5 Å². The third kappa shape index (κ3) is 6.01. The number of hydrogen-bond acceptors (Lipinski definition) is 4. The van der Waals surface area contributed by atoms with Gasteiger partial charge in [-0.25, -0.2) is 4.39 Å². The Labute approximate surface area is 160 Å². The van der Waals surface area contributed by atoms with E-state index in [-0.39, 0.29) is 48.7 Å². The van der Waals surface area contributed by atoms with Gasteiger partial charge in [-0.3, -0.25) is 14.5 Å². The van der Waals surface area contributed by atoms with Crippen LogP contribution in [0.5, 0.6) is 0 Å². The molecule has 27 heavy (non-hydrogen) atoms. The quantitative estimate of drug-likeness (QED) is 0.709. The van der Waals surface area contributed by atoms with E-state index >= 15 is 0 Å². The number of halogens is 1. The number of ether oxygens (including phenoxy) is 1.